The van der Waals surface area contributed by atoms with Crippen molar-refractivity contribution in [3.05, 3.63) is 92.1 Å². The molecule has 0 unspecified atom stereocenters. The Hall–Kier alpha value is -4.34. The first-order valence-electron chi connectivity index (χ1n) is 8.27. The number of anilines is 1. The first kappa shape index (κ1) is 19.4. The SMILES string of the molecule is Cc1ccc(Oc2ccc(NC(=O)c3cc([N+](=O)[O-])cc([N+](=O)[O-])c3)cn2)cc1. The van der Waals surface area contributed by atoms with Crippen LogP contribution in [0.3, 0.4) is 0 Å². The molecule has 1 N–H and O–H groups in total. The molecule has 0 saturated carbocycles. The minimum Gasteiger partial charge on any atom is -0.439 e. The first-order chi connectivity index (χ1) is 13.8. The van der Waals surface area contributed by atoms with Gasteiger partial charge in [-0.3, -0.25) is 25.0 Å². The molecule has 0 spiro atoms. The number of pyridine rings is 1. The van der Waals surface area contributed by atoms with Crippen LogP contribution in [-0.2, 0) is 0 Å². The average molecular weight is 394 g/mol. The van der Waals surface area contributed by atoms with E-state index in [1.54, 1.807) is 12.1 Å². The molecule has 3 aromatic rings. The molecular weight excluding hydrogens is 380 g/mol. The van der Waals surface area contributed by atoms with Crippen LogP contribution < -0.4 is 10.1 Å². The molecule has 0 fully saturated rings. The zero-order valence-electron chi connectivity index (χ0n) is 15.1. The van der Waals surface area contributed by atoms with Gasteiger partial charge in [0.05, 0.1) is 33.4 Å². The maximum atomic E-state index is 12.4. The van der Waals surface area contributed by atoms with Gasteiger partial charge >= 0.3 is 0 Å². The Kier molecular flexibility index (Phi) is 5.44. The maximum absolute atomic E-state index is 12.4. The lowest BCUT2D eigenvalue weighted by atomic mass is 10.1. The van der Waals surface area contributed by atoms with Crippen molar-refractivity contribution < 1.29 is 19.4 Å². The largest absolute Gasteiger partial charge is 0.439 e. The van der Waals surface area contributed by atoms with E-state index in [9.17, 15) is 25.0 Å². The highest BCUT2D eigenvalue weighted by molar-refractivity contribution is 6.05. The van der Waals surface area contributed by atoms with Crippen LogP contribution in [0.25, 0.3) is 0 Å². The van der Waals surface area contributed by atoms with E-state index in [1.807, 2.05) is 19.1 Å². The summed E-state index contributed by atoms with van der Waals surface area (Å²) in [5.41, 5.74) is 0.0599. The van der Waals surface area contributed by atoms with E-state index in [1.165, 1.54) is 18.3 Å². The Bertz CT molecular complexity index is 1050. The highest BCUT2D eigenvalue weighted by atomic mass is 16.6. The Labute approximate surface area is 164 Å². The van der Waals surface area contributed by atoms with Crippen molar-refractivity contribution in [2.45, 2.75) is 6.92 Å². The summed E-state index contributed by atoms with van der Waals surface area (Å²) in [6, 6.07) is 13.1. The lowest BCUT2D eigenvalue weighted by Crippen LogP contribution is -2.13. The monoisotopic (exact) mass is 394 g/mol. The number of carbonyl (C=O) groups is 1. The first-order valence-corrected chi connectivity index (χ1v) is 8.27. The van der Waals surface area contributed by atoms with Crippen molar-refractivity contribution >= 4 is 23.0 Å². The molecule has 0 atom stereocenters. The molecule has 2 aromatic carbocycles. The van der Waals surface area contributed by atoms with Crippen LogP contribution >= 0.6 is 0 Å². The number of rotatable bonds is 6. The van der Waals surface area contributed by atoms with Gasteiger partial charge in [-0.25, -0.2) is 4.98 Å². The number of nitrogens with one attached hydrogen (secondary N) is 1. The van der Waals surface area contributed by atoms with Crippen LogP contribution in [0, 0.1) is 27.2 Å². The minimum absolute atomic E-state index is 0.217. The molecule has 29 heavy (non-hydrogen) atoms. The molecule has 0 aliphatic carbocycles. The van der Waals surface area contributed by atoms with Crippen LogP contribution in [0.4, 0.5) is 17.1 Å². The number of carbonyl (C=O) groups excluding carboxylic acids is 1. The van der Waals surface area contributed by atoms with Crippen LogP contribution in [-0.4, -0.2) is 20.7 Å². The molecule has 0 aliphatic rings. The third-order valence-electron chi connectivity index (χ3n) is 3.82. The number of aromatic nitrogens is 1. The Morgan fingerprint density at radius 1 is 0.966 bits per heavy atom. The predicted molar refractivity (Wildman–Crippen MR) is 103 cm³/mol. The smallest absolute Gasteiger partial charge is 0.277 e. The Balaban J connectivity index is 1.74. The molecule has 3 rings (SSSR count). The highest BCUT2D eigenvalue weighted by Gasteiger charge is 2.20. The number of amides is 1. The quantitative estimate of drug-likeness (QED) is 0.487. The summed E-state index contributed by atoms with van der Waals surface area (Å²) in [5.74, 6) is 0.160. The van der Waals surface area contributed by atoms with Crippen molar-refractivity contribution in [1.29, 1.82) is 0 Å². The number of non-ortho nitro benzene ring substituents is 2. The molecule has 1 amide bonds. The lowest BCUT2D eigenvalue weighted by molar-refractivity contribution is -0.394. The molecule has 0 radical (unpaired) electrons. The predicted octanol–water partition coefficient (Wildman–Crippen LogP) is 4.25. The van der Waals surface area contributed by atoms with E-state index >= 15 is 0 Å². The zero-order chi connectivity index (χ0) is 21.0. The summed E-state index contributed by atoms with van der Waals surface area (Å²) >= 11 is 0. The molecule has 1 aromatic heterocycles. The fourth-order valence-corrected chi connectivity index (χ4v) is 2.38. The maximum Gasteiger partial charge on any atom is 0.277 e. The topological polar surface area (TPSA) is 138 Å². The number of hydrogen-bond donors (Lipinski definition) is 1. The summed E-state index contributed by atoms with van der Waals surface area (Å²) < 4.78 is 5.59. The van der Waals surface area contributed by atoms with Crippen LogP contribution in [0.5, 0.6) is 11.6 Å². The van der Waals surface area contributed by atoms with E-state index in [0.29, 0.717) is 17.3 Å². The van der Waals surface area contributed by atoms with Gasteiger partial charge < -0.3 is 10.1 Å². The minimum atomic E-state index is -0.803. The van der Waals surface area contributed by atoms with Crippen LogP contribution in [0.15, 0.2) is 60.8 Å². The Morgan fingerprint density at radius 3 is 2.10 bits per heavy atom. The molecule has 146 valence electrons. The summed E-state index contributed by atoms with van der Waals surface area (Å²) in [6.07, 6.45) is 1.34. The van der Waals surface area contributed by atoms with Gasteiger partial charge in [-0.1, -0.05) is 17.7 Å². The van der Waals surface area contributed by atoms with Crippen molar-refractivity contribution in [2.24, 2.45) is 0 Å². The fraction of sp³-hybridized carbons (Fsp3) is 0.0526. The Morgan fingerprint density at radius 2 is 1.59 bits per heavy atom. The zero-order valence-corrected chi connectivity index (χ0v) is 15.1. The van der Waals surface area contributed by atoms with Gasteiger partial charge in [0, 0.05) is 18.2 Å². The average Bonchev–Trinajstić information content (AvgIpc) is 2.70. The van der Waals surface area contributed by atoms with Crippen molar-refractivity contribution in [1.82, 2.24) is 4.98 Å². The molecule has 0 saturated heterocycles. The third-order valence-corrected chi connectivity index (χ3v) is 3.82. The number of hydrogen-bond acceptors (Lipinski definition) is 7. The summed E-state index contributed by atoms with van der Waals surface area (Å²) in [4.78, 5) is 36.7. The number of aryl methyl sites for hydroxylation is 1. The van der Waals surface area contributed by atoms with Crippen molar-refractivity contribution in [3.8, 4) is 11.6 Å². The van der Waals surface area contributed by atoms with Gasteiger partial charge in [0.25, 0.3) is 17.3 Å². The molecule has 0 aliphatic heterocycles. The summed E-state index contributed by atoms with van der Waals surface area (Å²) in [7, 11) is 0. The van der Waals surface area contributed by atoms with Crippen LogP contribution in [0.1, 0.15) is 15.9 Å². The fourth-order valence-electron chi connectivity index (χ4n) is 2.38. The molecule has 0 bridgehead atoms. The molecule has 1 heterocycles. The van der Waals surface area contributed by atoms with E-state index in [0.717, 1.165) is 23.8 Å². The van der Waals surface area contributed by atoms with Crippen LogP contribution in [0.2, 0.25) is 0 Å². The van der Waals surface area contributed by atoms with Gasteiger partial charge in [-0.05, 0) is 25.1 Å². The second-order valence-electron chi connectivity index (χ2n) is 6.01. The normalized spacial score (nSPS) is 10.2. The number of ether oxygens (including phenoxy) is 1. The standard InChI is InChI=1S/C19H14N4O6/c1-12-2-5-17(6-3-12)29-18-7-4-14(11-20-18)21-19(24)13-8-15(22(25)26)10-16(9-13)23(27)28/h2-11H,1H3,(H,21,24). The van der Waals surface area contributed by atoms with E-state index in [2.05, 4.69) is 10.3 Å². The number of benzene rings is 2. The van der Waals surface area contributed by atoms with E-state index in [4.69, 9.17) is 4.74 Å². The van der Waals surface area contributed by atoms with E-state index in [-0.39, 0.29) is 5.56 Å². The van der Waals surface area contributed by atoms with Crippen molar-refractivity contribution in [2.75, 3.05) is 5.32 Å². The summed E-state index contributed by atoms with van der Waals surface area (Å²) in [6.45, 7) is 1.95. The lowest BCUT2D eigenvalue weighted by Gasteiger charge is -2.07. The molecule has 10 nitrogen and oxygen atoms in total. The number of nitrogens with zero attached hydrogens (tertiary/aromatic N) is 3. The second kappa shape index (κ2) is 8.13. The van der Waals surface area contributed by atoms with Gasteiger partial charge in [0.2, 0.25) is 5.88 Å². The second-order valence-corrected chi connectivity index (χ2v) is 6.01. The summed E-state index contributed by atoms with van der Waals surface area (Å²) in [5, 5.41) is 24.4. The van der Waals surface area contributed by atoms with Crippen molar-refractivity contribution in [3.63, 3.8) is 0 Å². The number of nitro groups is 2. The van der Waals surface area contributed by atoms with Gasteiger partial charge in [0.1, 0.15) is 5.75 Å². The van der Waals surface area contributed by atoms with Gasteiger partial charge in [0.15, 0.2) is 0 Å². The van der Waals surface area contributed by atoms with Gasteiger partial charge in [-0.2, -0.15) is 0 Å². The number of nitro benzene ring substituents is 2. The highest BCUT2D eigenvalue weighted by Crippen LogP contribution is 2.24. The van der Waals surface area contributed by atoms with E-state index < -0.39 is 27.1 Å². The van der Waals surface area contributed by atoms with Gasteiger partial charge in [-0.15, -0.1) is 0 Å². The third kappa shape index (κ3) is 4.89. The molecule has 10 heteroatoms. The molecular formula is C19H14N4O6.